The molecule has 0 spiro atoms. The molecule has 0 amide bonds. The summed E-state index contributed by atoms with van der Waals surface area (Å²) >= 11 is 5.90. The monoisotopic (exact) mass is 254 g/mol. The summed E-state index contributed by atoms with van der Waals surface area (Å²) < 4.78 is 0. The van der Waals surface area contributed by atoms with E-state index in [-0.39, 0.29) is 0 Å². The number of nitrogens with zero attached hydrogens (tertiary/aromatic N) is 1. The van der Waals surface area contributed by atoms with Crippen molar-refractivity contribution in [2.75, 3.05) is 5.73 Å². The van der Waals surface area contributed by atoms with E-state index in [2.05, 4.69) is 11.9 Å². The van der Waals surface area contributed by atoms with Gasteiger partial charge in [0.25, 0.3) is 0 Å². The molecular weight excluding hydrogens is 232 g/mol. The third-order valence-corrected chi connectivity index (χ3v) is 3.22. The lowest BCUT2D eigenvalue weighted by atomic mass is 10.1. The molecular formula is C14H23ClN2. The molecule has 0 aliphatic rings. The molecule has 0 bridgehead atoms. The molecule has 1 aromatic rings. The molecule has 0 aliphatic carbocycles. The summed E-state index contributed by atoms with van der Waals surface area (Å²) in [5.41, 5.74) is 6.89. The Kier molecular flexibility index (Phi) is 7.02. The first-order chi connectivity index (χ1) is 8.24. The zero-order chi connectivity index (χ0) is 12.5. The molecule has 0 radical (unpaired) electrons. The van der Waals surface area contributed by atoms with Crippen LogP contribution in [-0.2, 0) is 6.42 Å². The van der Waals surface area contributed by atoms with Crippen LogP contribution >= 0.6 is 11.6 Å². The topological polar surface area (TPSA) is 38.9 Å². The van der Waals surface area contributed by atoms with Crippen molar-refractivity contribution in [3.05, 3.63) is 22.8 Å². The number of hydrogen-bond acceptors (Lipinski definition) is 2. The predicted octanol–water partition coefficient (Wildman–Crippen LogP) is 4.61. The smallest absolute Gasteiger partial charge is 0.126 e. The van der Waals surface area contributed by atoms with Gasteiger partial charge < -0.3 is 5.73 Å². The molecule has 2 N–H and O–H groups in total. The second-order valence-electron chi connectivity index (χ2n) is 4.57. The first-order valence-electron chi connectivity index (χ1n) is 6.64. The third-order valence-electron chi connectivity index (χ3n) is 3.02. The summed E-state index contributed by atoms with van der Waals surface area (Å²) in [4.78, 5) is 4.06. The lowest BCUT2D eigenvalue weighted by molar-refractivity contribution is 0.589. The van der Waals surface area contributed by atoms with Gasteiger partial charge in [0, 0.05) is 6.20 Å². The van der Waals surface area contributed by atoms with Crippen LogP contribution in [0.15, 0.2) is 12.3 Å². The van der Waals surface area contributed by atoms with Crippen molar-refractivity contribution in [3.8, 4) is 0 Å². The quantitative estimate of drug-likeness (QED) is 0.688. The molecule has 0 saturated carbocycles. The number of anilines is 1. The molecule has 0 aliphatic heterocycles. The van der Waals surface area contributed by atoms with Gasteiger partial charge in [-0.3, -0.25) is 0 Å². The van der Waals surface area contributed by atoms with Gasteiger partial charge in [0.2, 0.25) is 0 Å². The summed E-state index contributed by atoms with van der Waals surface area (Å²) in [6.45, 7) is 2.24. The highest BCUT2D eigenvalue weighted by atomic mass is 35.5. The molecule has 0 aromatic carbocycles. The molecule has 1 heterocycles. The molecule has 3 heteroatoms. The number of aryl methyl sites for hydroxylation is 1. The Morgan fingerprint density at radius 2 is 1.76 bits per heavy atom. The lowest BCUT2D eigenvalue weighted by Gasteiger charge is -2.05. The Hall–Kier alpha value is -0.760. The minimum Gasteiger partial charge on any atom is -0.383 e. The van der Waals surface area contributed by atoms with Gasteiger partial charge in [-0.25, -0.2) is 4.98 Å². The molecule has 0 unspecified atom stereocenters. The van der Waals surface area contributed by atoms with E-state index >= 15 is 0 Å². The lowest BCUT2D eigenvalue weighted by Crippen LogP contribution is -1.97. The van der Waals surface area contributed by atoms with Gasteiger partial charge in [0.15, 0.2) is 0 Å². The Morgan fingerprint density at radius 1 is 1.12 bits per heavy atom. The van der Waals surface area contributed by atoms with E-state index in [1.807, 2.05) is 6.07 Å². The van der Waals surface area contributed by atoms with E-state index < -0.39 is 0 Å². The molecule has 17 heavy (non-hydrogen) atoms. The summed E-state index contributed by atoms with van der Waals surface area (Å²) in [6.07, 6.45) is 11.8. The highest BCUT2D eigenvalue weighted by Crippen LogP contribution is 2.18. The van der Waals surface area contributed by atoms with Crippen molar-refractivity contribution in [3.63, 3.8) is 0 Å². The van der Waals surface area contributed by atoms with Gasteiger partial charge in [-0.2, -0.15) is 0 Å². The molecule has 1 aromatic heterocycles. The zero-order valence-corrected chi connectivity index (χ0v) is 11.5. The Balaban J connectivity index is 2.15. The van der Waals surface area contributed by atoms with Gasteiger partial charge in [-0.1, -0.05) is 57.0 Å². The van der Waals surface area contributed by atoms with Gasteiger partial charge in [0.1, 0.15) is 5.82 Å². The Bertz CT molecular complexity index is 326. The Morgan fingerprint density at radius 3 is 2.47 bits per heavy atom. The number of aromatic nitrogens is 1. The number of hydrogen-bond donors (Lipinski definition) is 1. The van der Waals surface area contributed by atoms with Crippen LogP contribution in [0.25, 0.3) is 0 Å². The molecule has 2 nitrogen and oxygen atoms in total. The standard InChI is InChI=1S/C14H23ClN2/c1-2-3-4-5-6-7-8-9-12-10-13(15)11-17-14(12)16/h10-11H,2-9H2,1H3,(H2,16,17). The van der Waals surface area contributed by atoms with Crippen molar-refractivity contribution in [2.45, 2.75) is 58.3 Å². The molecule has 0 saturated heterocycles. The fourth-order valence-electron chi connectivity index (χ4n) is 1.96. The van der Waals surface area contributed by atoms with Crippen molar-refractivity contribution in [1.82, 2.24) is 4.98 Å². The highest BCUT2D eigenvalue weighted by Gasteiger charge is 2.01. The molecule has 0 fully saturated rings. The number of pyridine rings is 1. The van der Waals surface area contributed by atoms with E-state index in [9.17, 15) is 0 Å². The normalized spacial score (nSPS) is 10.7. The van der Waals surface area contributed by atoms with Crippen molar-refractivity contribution in [1.29, 1.82) is 0 Å². The van der Waals surface area contributed by atoms with E-state index in [1.165, 1.54) is 44.9 Å². The number of halogens is 1. The summed E-state index contributed by atoms with van der Waals surface area (Å²) in [5.74, 6) is 0.625. The first-order valence-corrected chi connectivity index (χ1v) is 7.01. The van der Waals surface area contributed by atoms with E-state index in [0.717, 1.165) is 12.0 Å². The van der Waals surface area contributed by atoms with Crippen LogP contribution < -0.4 is 5.73 Å². The van der Waals surface area contributed by atoms with E-state index in [0.29, 0.717) is 10.8 Å². The van der Waals surface area contributed by atoms with Gasteiger partial charge >= 0.3 is 0 Å². The van der Waals surface area contributed by atoms with Crippen molar-refractivity contribution in [2.24, 2.45) is 0 Å². The van der Waals surface area contributed by atoms with Crippen LogP contribution in [0.2, 0.25) is 5.02 Å². The fraction of sp³-hybridized carbons (Fsp3) is 0.643. The summed E-state index contributed by atoms with van der Waals surface area (Å²) in [6, 6.07) is 1.93. The van der Waals surface area contributed by atoms with Crippen LogP contribution in [0.1, 0.15) is 57.4 Å². The third kappa shape index (κ3) is 5.92. The number of unbranched alkanes of at least 4 members (excludes halogenated alkanes) is 6. The van der Waals surface area contributed by atoms with E-state index in [1.54, 1.807) is 6.20 Å². The number of nitrogen functional groups attached to an aromatic ring is 1. The first kappa shape index (κ1) is 14.3. The largest absolute Gasteiger partial charge is 0.383 e. The van der Waals surface area contributed by atoms with Gasteiger partial charge in [-0.05, 0) is 24.5 Å². The van der Waals surface area contributed by atoms with Crippen LogP contribution in [0, 0.1) is 0 Å². The second kappa shape index (κ2) is 8.35. The maximum absolute atomic E-state index is 5.90. The SMILES string of the molecule is CCCCCCCCCc1cc(Cl)cnc1N. The van der Waals surface area contributed by atoms with Gasteiger partial charge in [0.05, 0.1) is 5.02 Å². The van der Waals surface area contributed by atoms with Gasteiger partial charge in [-0.15, -0.1) is 0 Å². The Labute approximate surface area is 110 Å². The zero-order valence-electron chi connectivity index (χ0n) is 10.7. The minimum atomic E-state index is 0.625. The maximum Gasteiger partial charge on any atom is 0.126 e. The van der Waals surface area contributed by atoms with Crippen LogP contribution in [0.5, 0.6) is 0 Å². The summed E-state index contributed by atoms with van der Waals surface area (Å²) in [5, 5.41) is 0.678. The minimum absolute atomic E-state index is 0.625. The number of nitrogens with two attached hydrogens (primary N) is 1. The predicted molar refractivity (Wildman–Crippen MR) is 75.4 cm³/mol. The molecule has 0 atom stereocenters. The average molecular weight is 255 g/mol. The molecule has 96 valence electrons. The maximum atomic E-state index is 5.90. The highest BCUT2D eigenvalue weighted by molar-refractivity contribution is 6.30. The average Bonchev–Trinajstić information content (AvgIpc) is 2.32. The molecule has 1 rings (SSSR count). The van der Waals surface area contributed by atoms with Crippen LogP contribution in [0.3, 0.4) is 0 Å². The summed E-state index contributed by atoms with van der Waals surface area (Å²) in [7, 11) is 0. The van der Waals surface area contributed by atoms with Crippen molar-refractivity contribution < 1.29 is 0 Å². The number of rotatable bonds is 8. The van der Waals surface area contributed by atoms with Crippen LogP contribution in [-0.4, -0.2) is 4.98 Å². The fourth-order valence-corrected chi connectivity index (χ4v) is 2.15. The van der Waals surface area contributed by atoms with Crippen LogP contribution in [0.4, 0.5) is 5.82 Å². The van der Waals surface area contributed by atoms with Crippen molar-refractivity contribution >= 4 is 17.4 Å². The second-order valence-corrected chi connectivity index (χ2v) is 5.01. The van der Waals surface area contributed by atoms with E-state index in [4.69, 9.17) is 17.3 Å².